The van der Waals surface area contributed by atoms with Crippen LogP contribution in [0.4, 0.5) is 5.88 Å². The van der Waals surface area contributed by atoms with E-state index >= 15 is 0 Å². The Morgan fingerprint density at radius 2 is 0.685 bits per heavy atom. The van der Waals surface area contributed by atoms with Gasteiger partial charge in [0.25, 0.3) is 5.91 Å². The average Bonchev–Trinajstić information content (AvgIpc) is 1.70. The van der Waals surface area contributed by atoms with Crippen molar-refractivity contribution in [2.24, 2.45) is 5.73 Å². The molecule has 0 aliphatic carbocycles. The molecule has 3 aromatic rings. The second kappa shape index (κ2) is 77.0. The van der Waals surface area contributed by atoms with E-state index in [-0.39, 0.29) is 44.3 Å². The van der Waals surface area contributed by atoms with Gasteiger partial charge in [-0.05, 0) is 49.8 Å². The van der Waals surface area contributed by atoms with Gasteiger partial charge in [0.2, 0.25) is 17.7 Å². The predicted molar refractivity (Wildman–Crippen MR) is 401 cm³/mol. The van der Waals surface area contributed by atoms with Crippen LogP contribution in [0.5, 0.6) is 0 Å². The molecular weight excluding hydrogens is 1470 g/mol. The molecule has 2 aromatic heterocycles. The fraction of sp³-hybridized carbons (Fsp3) is 0.784. The van der Waals surface area contributed by atoms with Crippen molar-refractivity contribution in [1.82, 2.24) is 20.9 Å². The van der Waals surface area contributed by atoms with Crippen LogP contribution in [0.25, 0.3) is 10.9 Å². The fourth-order valence-electron chi connectivity index (χ4n) is 9.32. The van der Waals surface area contributed by atoms with E-state index in [2.05, 4.69) is 33.1 Å². The Kier molecular flexibility index (Phi) is 69.0. The molecular formula is C74H128N6O31. The molecule has 0 aliphatic heterocycles. The number of nitro groups is 1. The van der Waals surface area contributed by atoms with E-state index in [1.54, 1.807) is 0 Å². The fourth-order valence-corrected chi connectivity index (χ4v) is 9.32. The average molecular weight is 1600 g/mol. The maximum atomic E-state index is 12.3. The van der Waals surface area contributed by atoms with Crippen molar-refractivity contribution >= 4 is 40.4 Å². The summed E-state index contributed by atoms with van der Waals surface area (Å²) in [6.07, 6.45) is 5.39. The Morgan fingerprint density at radius 3 is 1.00 bits per heavy atom. The lowest BCUT2D eigenvalue weighted by atomic mass is 10.1. The lowest BCUT2D eigenvalue weighted by molar-refractivity contribution is -0.402. The van der Waals surface area contributed by atoms with E-state index in [0.29, 0.717) is 330 Å². The van der Waals surface area contributed by atoms with Gasteiger partial charge in [0.1, 0.15) is 11.0 Å². The molecule has 3 rings (SSSR count). The first-order valence-corrected chi connectivity index (χ1v) is 38.5. The second-order valence-electron chi connectivity index (χ2n) is 23.7. The van der Waals surface area contributed by atoms with Crippen LogP contribution in [0.1, 0.15) is 54.6 Å². The first-order valence-electron chi connectivity index (χ1n) is 38.5. The second-order valence-corrected chi connectivity index (χ2v) is 23.7. The first-order chi connectivity index (χ1) is 54.7. The maximum Gasteiger partial charge on any atom is 0.433 e. The number of nitrogens with two attached hydrogens (primary N) is 1. The third kappa shape index (κ3) is 63.4. The Morgan fingerprint density at radius 1 is 0.369 bits per heavy atom. The van der Waals surface area contributed by atoms with Gasteiger partial charge < -0.3 is 145 Å². The molecule has 111 heavy (non-hydrogen) atoms. The number of carbonyl (C=O) groups excluding carboxylic acids is 4. The highest BCUT2D eigenvalue weighted by Gasteiger charge is 2.20. The molecule has 37 heteroatoms. The highest BCUT2D eigenvalue weighted by molar-refractivity contribution is 5.91. The van der Waals surface area contributed by atoms with Crippen molar-refractivity contribution < 1.29 is 142 Å². The summed E-state index contributed by atoms with van der Waals surface area (Å²) in [5.41, 5.74) is 7.80. The van der Waals surface area contributed by atoms with Gasteiger partial charge in [-0.15, -0.1) is 0 Å². The maximum absolute atomic E-state index is 12.3. The number of hydrogen-bond acceptors (Lipinski definition) is 31. The number of amides is 4. The summed E-state index contributed by atoms with van der Waals surface area (Å²) in [4.78, 5) is 61.6. The number of primary amides is 1. The van der Waals surface area contributed by atoms with Gasteiger partial charge in [-0.25, -0.2) is 0 Å². The van der Waals surface area contributed by atoms with E-state index in [4.69, 9.17) is 124 Å². The number of fused-ring (bicyclic) bond motifs is 1. The summed E-state index contributed by atoms with van der Waals surface area (Å²) in [6, 6.07) is 9.61. The number of aromatic amines is 1. The van der Waals surface area contributed by atoms with Gasteiger partial charge in [0, 0.05) is 43.0 Å². The molecule has 1 aromatic carbocycles. The minimum Gasteiger partial charge on any atom is -0.395 e. The minimum absolute atomic E-state index is 0.0259. The topological polar surface area (TPSA) is 424 Å². The molecule has 640 valence electrons. The van der Waals surface area contributed by atoms with Crippen molar-refractivity contribution in [3.8, 4) is 0 Å². The lowest BCUT2D eigenvalue weighted by Gasteiger charge is -2.15. The Hall–Kier alpha value is -5.64. The molecule has 37 nitrogen and oxygen atoms in total. The number of rotatable bonds is 88. The molecule has 0 bridgehead atoms. The number of aromatic nitrogens is 1. The van der Waals surface area contributed by atoms with Crippen LogP contribution < -0.4 is 21.7 Å². The number of H-pyrrole nitrogens is 1. The molecule has 6 N–H and O–H groups in total. The van der Waals surface area contributed by atoms with Crippen LogP contribution in [0.2, 0.25) is 0 Å². The molecule has 0 spiro atoms. The van der Waals surface area contributed by atoms with Crippen LogP contribution in [-0.2, 0) is 134 Å². The molecule has 2 heterocycles. The Labute approximate surface area is 652 Å². The molecule has 1 atom stereocenters. The van der Waals surface area contributed by atoms with Crippen LogP contribution in [0, 0.1) is 10.1 Å². The largest absolute Gasteiger partial charge is 0.433 e. The highest BCUT2D eigenvalue weighted by atomic mass is 16.7. The molecule has 0 saturated carbocycles. The van der Waals surface area contributed by atoms with Crippen molar-refractivity contribution in [2.75, 3.05) is 330 Å². The minimum atomic E-state index is -0.880. The molecule has 0 aliphatic rings. The number of para-hydroxylation sites is 1. The van der Waals surface area contributed by atoms with E-state index < -0.39 is 34.6 Å². The van der Waals surface area contributed by atoms with Gasteiger partial charge >= 0.3 is 5.88 Å². The van der Waals surface area contributed by atoms with Crippen LogP contribution >= 0.6 is 0 Å². The van der Waals surface area contributed by atoms with Gasteiger partial charge in [0.05, 0.1) is 323 Å². The summed E-state index contributed by atoms with van der Waals surface area (Å²) in [7, 11) is 0. The third-order valence-electron chi connectivity index (χ3n) is 15.0. The van der Waals surface area contributed by atoms with Gasteiger partial charge in [-0.1, -0.05) is 18.2 Å². The smallest absolute Gasteiger partial charge is 0.395 e. The first kappa shape index (κ1) is 99.6. The molecule has 0 fully saturated rings. The molecule has 0 radical (unpaired) electrons. The Bertz CT molecular complexity index is 2620. The summed E-state index contributed by atoms with van der Waals surface area (Å²) in [5.74, 6) is -2.36. The zero-order valence-electron chi connectivity index (χ0n) is 65.1. The number of aryl methyl sites for hydroxylation is 1. The number of hydrogen-bond donors (Lipinski definition) is 5. The molecule has 4 amide bonds. The predicted octanol–water partition coefficient (Wildman–Crippen LogP) is 2.47. The lowest BCUT2D eigenvalue weighted by Crippen LogP contribution is -2.44. The Balaban J connectivity index is 0.850. The summed E-state index contributed by atoms with van der Waals surface area (Å²) < 4.78 is 137. The number of carbonyl (C=O) groups is 4. The molecule has 0 saturated heterocycles. The number of unbranched alkanes of at least 4 members (excludes halogenated alkanes) is 1. The monoisotopic (exact) mass is 1600 g/mol. The summed E-state index contributed by atoms with van der Waals surface area (Å²) >= 11 is 0. The van der Waals surface area contributed by atoms with Gasteiger partial charge in [-0.2, -0.15) is 0 Å². The SMILES string of the molecule is NC(=O)C(CCCCNC(=O)c1ccc([N+](=O)[O-])o1)NC(=O)CCOCCOCCOCCOCCOCCOCCOCCOCCOCCOCCOCCOCCOCCOCCOCCOCCOCCOCCOCCOCCOCCOCCOCCOCCNC(=O)CCCc1c[nH]c2ccccc12. The van der Waals surface area contributed by atoms with E-state index in [1.807, 2.05) is 18.3 Å². The van der Waals surface area contributed by atoms with E-state index in [1.165, 1.54) is 17.0 Å². The number of nitrogens with zero attached hydrogens (tertiary/aromatic N) is 1. The zero-order valence-corrected chi connectivity index (χ0v) is 65.1. The van der Waals surface area contributed by atoms with Crippen LogP contribution in [0.3, 0.4) is 0 Å². The molecule has 1 unspecified atom stereocenters. The normalized spacial score (nSPS) is 11.9. The van der Waals surface area contributed by atoms with Crippen LogP contribution in [0.15, 0.2) is 47.0 Å². The highest BCUT2D eigenvalue weighted by Crippen LogP contribution is 2.20. The van der Waals surface area contributed by atoms with E-state index in [0.717, 1.165) is 24.4 Å². The van der Waals surface area contributed by atoms with Crippen LogP contribution in [-0.4, -0.2) is 370 Å². The third-order valence-corrected chi connectivity index (χ3v) is 15.0. The number of furan rings is 1. The van der Waals surface area contributed by atoms with Gasteiger partial charge in [-0.3, -0.25) is 29.3 Å². The zero-order chi connectivity index (χ0) is 79.1. The van der Waals surface area contributed by atoms with Crippen molar-refractivity contribution in [3.05, 3.63) is 64.0 Å². The quantitative estimate of drug-likeness (QED) is 0.0308. The van der Waals surface area contributed by atoms with Crippen molar-refractivity contribution in [1.29, 1.82) is 0 Å². The summed E-state index contributed by atoms with van der Waals surface area (Å²) in [5, 5.41) is 20.0. The standard InChI is InChI=1S/C74H128N6O31/c75-73(83)68(9-3-4-14-77-74(84)69-11-12-72(111-69)80(85)86)79-71(82)13-16-87-18-20-89-22-24-91-26-28-93-30-32-95-34-36-97-38-40-99-42-44-101-46-48-103-50-52-105-54-56-107-58-60-109-62-63-110-61-59-108-57-55-106-53-51-104-49-47-102-45-43-100-41-39-98-37-35-96-33-31-94-29-27-92-25-23-90-21-19-88-17-15-76-70(81)10-5-6-65-64-78-67-8-2-1-7-66(65)67/h1-2,7-8,11-12,64,68,78H,3-6,9-10,13-63H2,(H2,75,83)(H,76,81)(H,77,84)(H,79,82). The van der Waals surface area contributed by atoms with Crippen molar-refractivity contribution in [3.63, 3.8) is 0 Å². The van der Waals surface area contributed by atoms with E-state index in [9.17, 15) is 29.3 Å². The number of benzene rings is 1. The number of ether oxygens (including phenoxy) is 24. The van der Waals surface area contributed by atoms with Gasteiger partial charge in [0.15, 0.2) is 5.76 Å². The number of nitrogens with one attached hydrogen (secondary N) is 4. The summed E-state index contributed by atoms with van der Waals surface area (Å²) in [6.45, 7) is 21.9. The van der Waals surface area contributed by atoms with Crippen molar-refractivity contribution in [2.45, 2.75) is 51.0 Å².